The molecule has 0 spiro atoms. The Hall–Kier alpha value is -0.200. The lowest BCUT2D eigenvalue weighted by Crippen LogP contribution is -2.13. The van der Waals surface area contributed by atoms with E-state index in [1.54, 1.807) is 0 Å². The molecule has 0 aliphatic heterocycles. The molecule has 0 fully saturated rings. The minimum absolute atomic E-state index is 0.380. The third kappa shape index (κ3) is 5.80. The van der Waals surface area contributed by atoms with Gasteiger partial charge >= 0.3 is 0 Å². The third-order valence-electron chi connectivity index (χ3n) is 0.238. The van der Waals surface area contributed by atoms with Crippen LogP contribution in [0.4, 0.5) is 4.48 Å². The first-order valence-electron chi connectivity index (χ1n) is 1.71. The number of hydrogen-bond donors (Lipinski definition) is 0. The van der Waals surface area contributed by atoms with Gasteiger partial charge in [0.1, 0.15) is 0 Å². The molecule has 0 saturated carbocycles. The first-order chi connectivity index (χ1) is 3.42. The Morgan fingerprint density at radius 1 is 1.62 bits per heavy atom. The Balaban J connectivity index is 3.75. The highest BCUT2D eigenvalue weighted by atomic mass is 32.2. The Labute approximate surface area is 46.9 Å². The van der Waals surface area contributed by atoms with Crippen molar-refractivity contribution in [2.45, 2.75) is 0 Å². The van der Waals surface area contributed by atoms with Crippen LogP contribution in [-0.2, 0) is 14.4 Å². The molecule has 0 heterocycles. The van der Waals surface area contributed by atoms with Crippen molar-refractivity contribution >= 4 is 10.1 Å². The van der Waals surface area contributed by atoms with Crippen molar-refractivity contribution in [2.75, 3.05) is 13.3 Å². The van der Waals surface area contributed by atoms with Crippen molar-refractivity contribution < 1.29 is 17.2 Å². The maximum absolute atomic E-state index is 11.4. The van der Waals surface area contributed by atoms with Crippen LogP contribution in [0.5, 0.6) is 0 Å². The van der Waals surface area contributed by atoms with Crippen LogP contribution >= 0.6 is 0 Å². The van der Waals surface area contributed by atoms with Crippen LogP contribution in [0.2, 0.25) is 0 Å². The standard InChI is InChI=1S/C2H6FNO3S/c1-4(3)7-8(2,5)6/h1-2H3. The van der Waals surface area contributed by atoms with Gasteiger partial charge in [-0.2, -0.15) is 8.42 Å². The van der Waals surface area contributed by atoms with Crippen LogP contribution in [0.25, 0.3) is 0 Å². The van der Waals surface area contributed by atoms with Gasteiger partial charge in [0.15, 0.2) is 0 Å². The van der Waals surface area contributed by atoms with Crippen LogP contribution < -0.4 is 0 Å². The summed E-state index contributed by atoms with van der Waals surface area (Å²) in [6.45, 7) is 0. The molecular formula is C2H6FNO3S. The molecule has 0 saturated heterocycles. The average Bonchev–Trinajstić information content (AvgIpc) is 1.21. The highest BCUT2D eigenvalue weighted by Gasteiger charge is 2.04. The van der Waals surface area contributed by atoms with E-state index in [2.05, 4.69) is 4.28 Å². The van der Waals surface area contributed by atoms with E-state index in [4.69, 9.17) is 0 Å². The summed E-state index contributed by atoms with van der Waals surface area (Å²) in [4.78, 5) is 0. The topological polar surface area (TPSA) is 46.6 Å². The SMILES string of the molecule is CN(F)OS(C)(=O)=O. The van der Waals surface area contributed by atoms with E-state index >= 15 is 0 Å². The second-order valence-electron chi connectivity index (χ2n) is 1.20. The van der Waals surface area contributed by atoms with Gasteiger partial charge < -0.3 is 0 Å². The molecule has 0 aliphatic rings. The van der Waals surface area contributed by atoms with E-state index in [0.717, 1.165) is 13.3 Å². The normalized spacial score (nSPS) is 12.5. The molecule has 0 amide bonds. The van der Waals surface area contributed by atoms with Crippen molar-refractivity contribution in [3.8, 4) is 0 Å². The fourth-order valence-corrected chi connectivity index (χ4v) is 0.560. The summed E-state index contributed by atoms with van der Waals surface area (Å²) in [7, 11) is -2.84. The molecule has 6 heteroatoms. The molecule has 8 heavy (non-hydrogen) atoms. The largest absolute Gasteiger partial charge is 0.282 e. The number of hydroxylamine groups is 1. The first-order valence-corrected chi connectivity index (χ1v) is 3.52. The molecule has 0 bridgehead atoms. The number of rotatable bonds is 2. The summed E-state index contributed by atoms with van der Waals surface area (Å²) < 4.78 is 34.9. The summed E-state index contributed by atoms with van der Waals surface area (Å²) in [5.41, 5.74) is 0. The molecule has 0 aromatic heterocycles. The van der Waals surface area contributed by atoms with E-state index in [9.17, 15) is 12.9 Å². The predicted molar refractivity (Wildman–Crippen MR) is 24.8 cm³/mol. The van der Waals surface area contributed by atoms with Crippen LogP contribution in [0.15, 0.2) is 0 Å². The summed E-state index contributed by atoms with van der Waals surface area (Å²) in [5, 5.41) is -0.380. The summed E-state index contributed by atoms with van der Waals surface area (Å²) in [5.74, 6) is 0. The summed E-state index contributed by atoms with van der Waals surface area (Å²) in [6, 6.07) is 0. The smallest absolute Gasteiger partial charge is 0.198 e. The molecule has 0 atom stereocenters. The predicted octanol–water partition coefficient (Wildman–Crippen LogP) is -0.306. The fourth-order valence-electron chi connectivity index (χ4n) is 0.187. The molecule has 0 aromatic rings. The maximum atomic E-state index is 11.4. The molecule has 4 nitrogen and oxygen atoms in total. The molecule has 0 unspecified atom stereocenters. The van der Waals surface area contributed by atoms with E-state index < -0.39 is 10.1 Å². The van der Waals surface area contributed by atoms with Crippen molar-refractivity contribution in [3.63, 3.8) is 0 Å². The van der Waals surface area contributed by atoms with E-state index in [-0.39, 0.29) is 5.29 Å². The zero-order valence-corrected chi connectivity index (χ0v) is 5.27. The average molecular weight is 143 g/mol. The lowest BCUT2D eigenvalue weighted by Gasteiger charge is -1.99. The highest BCUT2D eigenvalue weighted by Crippen LogP contribution is 1.90. The number of hydrogen-bond acceptors (Lipinski definition) is 4. The van der Waals surface area contributed by atoms with Gasteiger partial charge in [-0.15, -0.1) is 8.77 Å². The van der Waals surface area contributed by atoms with E-state index in [1.165, 1.54) is 0 Å². The molecule has 0 rings (SSSR count). The maximum Gasteiger partial charge on any atom is 0.282 e. The molecule has 0 N–H and O–H groups in total. The zero-order chi connectivity index (χ0) is 6.78. The van der Waals surface area contributed by atoms with Gasteiger partial charge in [-0.3, -0.25) is 0 Å². The van der Waals surface area contributed by atoms with Gasteiger partial charge in [0.05, 0.1) is 6.26 Å². The first kappa shape index (κ1) is 7.80. The number of halogens is 1. The van der Waals surface area contributed by atoms with Crippen molar-refractivity contribution in [1.82, 2.24) is 5.29 Å². The van der Waals surface area contributed by atoms with Crippen molar-refractivity contribution in [3.05, 3.63) is 0 Å². The summed E-state index contributed by atoms with van der Waals surface area (Å²) in [6.07, 6.45) is 0.753. The number of nitrogens with zero attached hydrogens (tertiary/aromatic N) is 1. The molecule has 0 radical (unpaired) electrons. The second-order valence-corrected chi connectivity index (χ2v) is 2.76. The quantitative estimate of drug-likeness (QED) is 0.393. The lowest BCUT2D eigenvalue weighted by atomic mass is 11.5. The molecule has 0 aliphatic carbocycles. The van der Waals surface area contributed by atoms with Gasteiger partial charge in [-0.1, -0.05) is 0 Å². The Kier molecular flexibility index (Phi) is 2.32. The monoisotopic (exact) mass is 143 g/mol. The van der Waals surface area contributed by atoms with Crippen LogP contribution in [0, 0.1) is 0 Å². The Bertz CT molecular complexity index is 151. The third-order valence-corrected chi connectivity index (χ3v) is 0.714. The molecular weight excluding hydrogens is 137 g/mol. The van der Waals surface area contributed by atoms with Crippen LogP contribution in [0.3, 0.4) is 0 Å². The lowest BCUT2D eigenvalue weighted by molar-refractivity contribution is -0.181. The van der Waals surface area contributed by atoms with Crippen molar-refractivity contribution in [1.29, 1.82) is 0 Å². The van der Waals surface area contributed by atoms with Gasteiger partial charge in [-0.05, 0) is 5.29 Å². The molecule has 50 valence electrons. The van der Waals surface area contributed by atoms with Crippen molar-refractivity contribution in [2.24, 2.45) is 0 Å². The van der Waals surface area contributed by atoms with E-state index in [0.29, 0.717) is 0 Å². The highest BCUT2D eigenvalue weighted by molar-refractivity contribution is 7.85. The van der Waals surface area contributed by atoms with Crippen LogP contribution in [0.1, 0.15) is 0 Å². The van der Waals surface area contributed by atoms with E-state index in [1.807, 2.05) is 0 Å². The zero-order valence-electron chi connectivity index (χ0n) is 4.46. The summed E-state index contributed by atoms with van der Waals surface area (Å²) >= 11 is 0. The fraction of sp³-hybridized carbons (Fsp3) is 1.00. The minimum Gasteiger partial charge on any atom is -0.198 e. The Morgan fingerprint density at radius 3 is 2.00 bits per heavy atom. The van der Waals surface area contributed by atoms with Gasteiger partial charge in [0, 0.05) is 7.05 Å². The second kappa shape index (κ2) is 2.38. The Morgan fingerprint density at radius 2 is 2.00 bits per heavy atom. The van der Waals surface area contributed by atoms with Gasteiger partial charge in [0.2, 0.25) is 0 Å². The molecule has 0 aromatic carbocycles. The van der Waals surface area contributed by atoms with Crippen LogP contribution in [-0.4, -0.2) is 27.0 Å². The minimum atomic E-state index is -3.67. The van der Waals surface area contributed by atoms with Gasteiger partial charge in [0.25, 0.3) is 10.1 Å². The van der Waals surface area contributed by atoms with Gasteiger partial charge in [-0.25, -0.2) is 0 Å².